The summed E-state index contributed by atoms with van der Waals surface area (Å²) in [6.45, 7) is 6.66. The zero-order chi connectivity index (χ0) is 13.4. The Morgan fingerprint density at radius 1 is 1.42 bits per heavy atom. The summed E-state index contributed by atoms with van der Waals surface area (Å²) < 4.78 is 2.33. The maximum Gasteiger partial charge on any atom is 0.160 e. The predicted molar refractivity (Wildman–Crippen MR) is 77.0 cm³/mol. The third-order valence-corrected chi connectivity index (χ3v) is 3.90. The Hall–Kier alpha value is -1.42. The Morgan fingerprint density at radius 3 is 2.95 bits per heavy atom. The SMILES string of the molecule is CC(C)Cn1c(C2CCCN2C)nc2cccnc21. The lowest BCUT2D eigenvalue weighted by molar-refractivity contribution is 0.296. The van der Waals surface area contributed by atoms with E-state index in [9.17, 15) is 0 Å². The molecule has 4 heteroatoms. The van der Waals surface area contributed by atoms with E-state index in [0.29, 0.717) is 12.0 Å². The fourth-order valence-corrected chi connectivity index (χ4v) is 3.01. The summed E-state index contributed by atoms with van der Waals surface area (Å²) in [5.41, 5.74) is 2.06. The van der Waals surface area contributed by atoms with Crippen LogP contribution >= 0.6 is 0 Å². The van der Waals surface area contributed by atoms with Gasteiger partial charge in [0, 0.05) is 12.7 Å². The van der Waals surface area contributed by atoms with E-state index in [2.05, 4.69) is 41.4 Å². The van der Waals surface area contributed by atoms with Crippen LogP contribution in [-0.2, 0) is 6.54 Å². The molecule has 2 aromatic rings. The second kappa shape index (κ2) is 4.93. The molecule has 1 fully saturated rings. The molecule has 4 nitrogen and oxygen atoms in total. The van der Waals surface area contributed by atoms with Crippen molar-refractivity contribution in [1.29, 1.82) is 0 Å². The van der Waals surface area contributed by atoms with Crippen molar-refractivity contribution in [3.05, 3.63) is 24.2 Å². The molecule has 102 valence electrons. The van der Waals surface area contributed by atoms with Crippen molar-refractivity contribution in [1.82, 2.24) is 19.4 Å². The van der Waals surface area contributed by atoms with Gasteiger partial charge in [-0.15, -0.1) is 0 Å². The molecule has 0 bridgehead atoms. The predicted octanol–water partition coefficient (Wildman–Crippen LogP) is 2.85. The second-order valence-corrected chi connectivity index (χ2v) is 5.96. The Morgan fingerprint density at radius 2 is 2.26 bits per heavy atom. The Kier molecular flexibility index (Phi) is 3.27. The molecule has 3 heterocycles. The van der Waals surface area contributed by atoms with Crippen LogP contribution in [-0.4, -0.2) is 33.0 Å². The molecule has 1 aliphatic heterocycles. The van der Waals surface area contributed by atoms with Gasteiger partial charge in [-0.05, 0) is 44.5 Å². The van der Waals surface area contributed by atoms with Crippen molar-refractivity contribution in [3.8, 4) is 0 Å². The van der Waals surface area contributed by atoms with E-state index >= 15 is 0 Å². The molecule has 19 heavy (non-hydrogen) atoms. The van der Waals surface area contributed by atoms with E-state index in [4.69, 9.17) is 4.98 Å². The summed E-state index contributed by atoms with van der Waals surface area (Å²) in [5.74, 6) is 1.80. The number of hydrogen-bond donors (Lipinski definition) is 0. The van der Waals surface area contributed by atoms with Gasteiger partial charge in [0.15, 0.2) is 5.65 Å². The quantitative estimate of drug-likeness (QED) is 0.849. The molecule has 0 saturated carbocycles. The average Bonchev–Trinajstić information content (AvgIpc) is 2.93. The summed E-state index contributed by atoms with van der Waals surface area (Å²) in [4.78, 5) is 11.8. The normalized spacial score (nSPS) is 20.7. The highest BCUT2D eigenvalue weighted by Gasteiger charge is 2.28. The minimum Gasteiger partial charge on any atom is -0.311 e. The first kappa shape index (κ1) is 12.6. The number of imidazole rings is 1. The van der Waals surface area contributed by atoms with Crippen LogP contribution in [0.4, 0.5) is 0 Å². The Bertz CT molecular complexity index is 573. The largest absolute Gasteiger partial charge is 0.311 e. The van der Waals surface area contributed by atoms with E-state index < -0.39 is 0 Å². The number of fused-ring (bicyclic) bond motifs is 1. The Balaban J connectivity index is 2.11. The average molecular weight is 258 g/mol. The van der Waals surface area contributed by atoms with Gasteiger partial charge < -0.3 is 4.57 Å². The van der Waals surface area contributed by atoms with Crippen LogP contribution < -0.4 is 0 Å². The maximum atomic E-state index is 4.86. The maximum absolute atomic E-state index is 4.86. The molecule has 2 aromatic heterocycles. The van der Waals surface area contributed by atoms with Crippen molar-refractivity contribution in [2.75, 3.05) is 13.6 Å². The minimum atomic E-state index is 0.452. The van der Waals surface area contributed by atoms with Crippen molar-refractivity contribution in [2.24, 2.45) is 5.92 Å². The molecule has 0 aromatic carbocycles. The molecule has 0 aliphatic carbocycles. The van der Waals surface area contributed by atoms with Crippen LogP contribution in [0.2, 0.25) is 0 Å². The number of rotatable bonds is 3. The number of pyridine rings is 1. The monoisotopic (exact) mass is 258 g/mol. The van der Waals surface area contributed by atoms with Crippen molar-refractivity contribution in [2.45, 2.75) is 39.3 Å². The van der Waals surface area contributed by atoms with Crippen LogP contribution in [0.1, 0.15) is 38.6 Å². The van der Waals surface area contributed by atoms with E-state index in [1.165, 1.54) is 25.2 Å². The minimum absolute atomic E-state index is 0.452. The fourth-order valence-electron chi connectivity index (χ4n) is 3.01. The number of likely N-dealkylation sites (tertiary alicyclic amines) is 1. The second-order valence-electron chi connectivity index (χ2n) is 5.96. The highest BCUT2D eigenvalue weighted by atomic mass is 15.2. The number of hydrogen-bond acceptors (Lipinski definition) is 3. The van der Waals surface area contributed by atoms with Crippen molar-refractivity contribution >= 4 is 11.2 Å². The van der Waals surface area contributed by atoms with Crippen molar-refractivity contribution < 1.29 is 0 Å². The summed E-state index contributed by atoms with van der Waals surface area (Å²) in [5, 5.41) is 0. The summed E-state index contributed by atoms with van der Waals surface area (Å²) >= 11 is 0. The highest BCUT2D eigenvalue weighted by Crippen LogP contribution is 2.31. The zero-order valence-corrected chi connectivity index (χ0v) is 12.0. The summed E-state index contributed by atoms with van der Waals surface area (Å²) in [6, 6.07) is 4.49. The van der Waals surface area contributed by atoms with Gasteiger partial charge in [0.25, 0.3) is 0 Å². The summed E-state index contributed by atoms with van der Waals surface area (Å²) in [6.07, 6.45) is 4.33. The van der Waals surface area contributed by atoms with Crippen LogP contribution in [0.15, 0.2) is 18.3 Å². The lowest BCUT2D eigenvalue weighted by atomic mass is 10.2. The topological polar surface area (TPSA) is 34.0 Å². The molecular formula is C15H22N4. The molecule has 0 radical (unpaired) electrons. The van der Waals surface area contributed by atoms with Gasteiger partial charge in [-0.25, -0.2) is 9.97 Å². The van der Waals surface area contributed by atoms with Crippen LogP contribution in [0, 0.1) is 5.92 Å². The first-order chi connectivity index (χ1) is 9.16. The fraction of sp³-hybridized carbons (Fsp3) is 0.600. The highest BCUT2D eigenvalue weighted by molar-refractivity contribution is 5.71. The van der Waals surface area contributed by atoms with E-state index in [0.717, 1.165) is 17.7 Å². The van der Waals surface area contributed by atoms with Crippen LogP contribution in [0.5, 0.6) is 0 Å². The standard InChI is InChI=1S/C15H22N4/c1-11(2)10-19-14-12(6-4-8-16-14)17-15(19)13-7-5-9-18(13)3/h4,6,8,11,13H,5,7,9-10H2,1-3H3. The third-order valence-electron chi connectivity index (χ3n) is 3.90. The van der Waals surface area contributed by atoms with E-state index in [1.54, 1.807) is 0 Å². The summed E-state index contributed by atoms with van der Waals surface area (Å²) in [7, 11) is 2.20. The van der Waals surface area contributed by atoms with Gasteiger partial charge >= 0.3 is 0 Å². The third kappa shape index (κ3) is 2.25. The molecule has 1 unspecified atom stereocenters. The van der Waals surface area contributed by atoms with Gasteiger partial charge in [-0.2, -0.15) is 0 Å². The molecule has 0 amide bonds. The zero-order valence-electron chi connectivity index (χ0n) is 12.0. The van der Waals surface area contributed by atoms with E-state index in [1.807, 2.05) is 12.3 Å². The first-order valence-electron chi connectivity index (χ1n) is 7.18. The van der Waals surface area contributed by atoms with Gasteiger partial charge in [-0.1, -0.05) is 13.8 Å². The number of aromatic nitrogens is 3. The van der Waals surface area contributed by atoms with Gasteiger partial charge in [0.1, 0.15) is 11.3 Å². The van der Waals surface area contributed by atoms with Gasteiger partial charge in [0.05, 0.1) is 6.04 Å². The molecular weight excluding hydrogens is 236 g/mol. The van der Waals surface area contributed by atoms with Crippen molar-refractivity contribution in [3.63, 3.8) is 0 Å². The van der Waals surface area contributed by atoms with Gasteiger partial charge in [0.2, 0.25) is 0 Å². The number of nitrogens with zero attached hydrogens (tertiary/aromatic N) is 4. The van der Waals surface area contributed by atoms with E-state index in [-0.39, 0.29) is 0 Å². The van der Waals surface area contributed by atoms with Gasteiger partial charge in [-0.3, -0.25) is 4.90 Å². The molecule has 1 aliphatic rings. The molecule has 3 rings (SSSR count). The molecule has 1 atom stereocenters. The molecule has 0 N–H and O–H groups in total. The lowest BCUT2D eigenvalue weighted by Gasteiger charge is -2.21. The Labute approximate surface area is 114 Å². The molecule has 0 spiro atoms. The lowest BCUT2D eigenvalue weighted by Crippen LogP contribution is -2.22. The first-order valence-corrected chi connectivity index (χ1v) is 7.18. The smallest absolute Gasteiger partial charge is 0.160 e. The van der Waals surface area contributed by atoms with Crippen LogP contribution in [0.3, 0.4) is 0 Å². The molecule has 1 saturated heterocycles. The van der Waals surface area contributed by atoms with Crippen LogP contribution in [0.25, 0.3) is 11.2 Å².